The van der Waals surface area contributed by atoms with Gasteiger partial charge in [0.05, 0.1) is 7.11 Å². The lowest BCUT2D eigenvalue weighted by atomic mass is 9.95. The molecule has 4 heteroatoms. The van der Waals surface area contributed by atoms with Crippen molar-refractivity contribution in [2.24, 2.45) is 0 Å². The second-order valence-electron chi connectivity index (χ2n) is 4.34. The molecule has 1 atom stereocenters. The van der Waals surface area contributed by atoms with Gasteiger partial charge in [-0.05, 0) is 26.2 Å². The normalized spacial score (nSPS) is 15.5. The first kappa shape index (κ1) is 16.1. The fraction of sp³-hybridized carbons (Fsp3) is 0.769. The molecule has 2 N–H and O–H groups in total. The lowest BCUT2D eigenvalue weighted by Crippen LogP contribution is -2.42. The molecular formula is C13H25NO3. The van der Waals surface area contributed by atoms with Crippen LogP contribution in [0.25, 0.3) is 0 Å². The van der Waals surface area contributed by atoms with Crippen molar-refractivity contribution in [3.8, 4) is 0 Å². The molecule has 0 aromatic heterocycles. The first-order chi connectivity index (χ1) is 8.02. The molecule has 1 unspecified atom stereocenters. The molecule has 0 saturated heterocycles. The third-order valence-electron chi connectivity index (χ3n) is 3.15. The van der Waals surface area contributed by atoms with Crippen LogP contribution in [-0.2, 0) is 9.53 Å². The minimum absolute atomic E-state index is 0.0831. The monoisotopic (exact) mass is 243 g/mol. The van der Waals surface area contributed by atoms with E-state index in [2.05, 4.69) is 23.9 Å². The smallest absolute Gasteiger partial charge is 0.333 e. The Morgan fingerprint density at radius 2 is 2.12 bits per heavy atom. The van der Waals surface area contributed by atoms with E-state index in [1.807, 2.05) is 13.0 Å². The van der Waals surface area contributed by atoms with Gasteiger partial charge in [-0.2, -0.15) is 0 Å². The van der Waals surface area contributed by atoms with E-state index in [1.54, 1.807) is 0 Å². The molecule has 0 bridgehead atoms. The predicted molar refractivity (Wildman–Crippen MR) is 68.8 cm³/mol. The Bertz CT molecular complexity index is 263. The van der Waals surface area contributed by atoms with Gasteiger partial charge in [0.1, 0.15) is 0 Å². The zero-order valence-corrected chi connectivity index (χ0v) is 11.4. The van der Waals surface area contributed by atoms with Crippen LogP contribution in [0.5, 0.6) is 0 Å². The van der Waals surface area contributed by atoms with E-state index in [-0.39, 0.29) is 18.1 Å². The maximum Gasteiger partial charge on any atom is 0.333 e. The Morgan fingerprint density at radius 1 is 1.47 bits per heavy atom. The summed E-state index contributed by atoms with van der Waals surface area (Å²) >= 11 is 0. The largest absolute Gasteiger partial charge is 0.466 e. The first-order valence-electron chi connectivity index (χ1n) is 6.16. The standard InChI is InChI=1S/C13H25NO3/c1-5-11(12(16)17-4)7-9-14-13(3,6-2)8-10-15/h7,14-15H,5-6,8-10H2,1-4H3. The Hall–Kier alpha value is -0.870. The maximum atomic E-state index is 11.3. The SMILES string of the molecule is CCC(=CCNC(C)(CC)CCO)C(=O)OC. The summed E-state index contributed by atoms with van der Waals surface area (Å²) in [6.45, 7) is 6.85. The van der Waals surface area contributed by atoms with E-state index >= 15 is 0 Å². The van der Waals surface area contributed by atoms with Crippen LogP contribution < -0.4 is 5.32 Å². The number of esters is 1. The topological polar surface area (TPSA) is 58.6 Å². The highest BCUT2D eigenvalue weighted by Gasteiger charge is 2.19. The van der Waals surface area contributed by atoms with Crippen molar-refractivity contribution >= 4 is 5.97 Å². The lowest BCUT2D eigenvalue weighted by molar-refractivity contribution is -0.136. The molecule has 0 saturated carbocycles. The second-order valence-corrected chi connectivity index (χ2v) is 4.34. The molecule has 0 radical (unpaired) electrons. The molecule has 0 aliphatic heterocycles. The number of hydrogen-bond donors (Lipinski definition) is 2. The molecule has 0 aliphatic rings. The highest BCUT2D eigenvalue weighted by molar-refractivity contribution is 5.88. The summed E-state index contributed by atoms with van der Waals surface area (Å²) in [7, 11) is 1.39. The fourth-order valence-corrected chi connectivity index (χ4v) is 1.56. The molecule has 0 aliphatic carbocycles. The summed E-state index contributed by atoms with van der Waals surface area (Å²) in [6.07, 6.45) is 4.16. The summed E-state index contributed by atoms with van der Waals surface area (Å²) < 4.78 is 4.68. The second kappa shape index (κ2) is 8.25. The van der Waals surface area contributed by atoms with Crippen molar-refractivity contribution in [3.63, 3.8) is 0 Å². The van der Waals surface area contributed by atoms with Crippen LogP contribution in [0.2, 0.25) is 0 Å². The van der Waals surface area contributed by atoms with Crippen LogP contribution in [0.4, 0.5) is 0 Å². The van der Waals surface area contributed by atoms with Crippen molar-refractivity contribution in [1.82, 2.24) is 5.32 Å². The highest BCUT2D eigenvalue weighted by Crippen LogP contribution is 2.13. The number of aliphatic hydroxyl groups excluding tert-OH is 1. The Kier molecular flexibility index (Phi) is 7.83. The van der Waals surface area contributed by atoms with Crippen molar-refractivity contribution in [2.75, 3.05) is 20.3 Å². The number of rotatable bonds is 8. The Balaban J connectivity index is 4.34. The number of nitrogens with one attached hydrogen (secondary N) is 1. The van der Waals surface area contributed by atoms with Gasteiger partial charge in [-0.3, -0.25) is 0 Å². The average Bonchev–Trinajstić information content (AvgIpc) is 2.34. The fourth-order valence-electron chi connectivity index (χ4n) is 1.56. The van der Waals surface area contributed by atoms with Gasteiger partial charge in [0.2, 0.25) is 0 Å². The van der Waals surface area contributed by atoms with Crippen LogP contribution in [-0.4, -0.2) is 36.9 Å². The van der Waals surface area contributed by atoms with Crippen molar-refractivity contribution in [1.29, 1.82) is 0 Å². The minimum Gasteiger partial charge on any atom is -0.466 e. The maximum absolute atomic E-state index is 11.3. The Labute approximate surface area is 104 Å². The van der Waals surface area contributed by atoms with Crippen LogP contribution in [0, 0.1) is 0 Å². The summed E-state index contributed by atoms with van der Waals surface area (Å²) in [5.74, 6) is -0.269. The van der Waals surface area contributed by atoms with Crippen molar-refractivity contribution in [2.45, 2.75) is 45.6 Å². The first-order valence-corrected chi connectivity index (χ1v) is 6.16. The van der Waals surface area contributed by atoms with Gasteiger partial charge < -0.3 is 15.2 Å². The van der Waals surface area contributed by atoms with Crippen molar-refractivity contribution < 1.29 is 14.6 Å². The van der Waals surface area contributed by atoms with E-state index in [9.17, 15) is 4.79 Å². The van der Waals surface area contributed by atoms with Gasteiger partial charge in [0, 0.05) is 24.3 Å². The number of ether oxygens (including phenoxy) is 1. The van der Waals surface area contributed by atoms with Gasteiger partial charge >= 0.3 is 5.97 Å². The molecule has 0 heterocycles. The van der Waals surface area contributed by atoms with Crippen LogP contribution in [0.15, 0.2) is 11.6 Å². The molecule has 100 valence electrons. The summed E-state index contributed by atoms with van der Waals surface area (Å²) in [5, 5.41) is 12.3. The molecule has 4 nitrogen and oxygen atoms in total. The van der Waals surface area contributed by atoms with Gasteiger partial charge in [0.25, 0.3) is 0 Å². The lowest BCUT2D eigenvalue weighted by Gasteiger charge is -2.28. The van der Waals surface area contributed by atoms with E-state index in [4.69, 9.17) is 5.11 Å². The molecule has 0 fully saturated rings. The number of carbonyl (C=O) groups is 1. The summed E-state index contributed by atoms with van der Waals surface area (Å²) in [6, 6.07) is 0. The number of hydrogen-bond acceptors (Lipinski definition) is 4. The van der Waals surface area contributed by atoms with E-state index < -0.39 is 0 Å². The Morgan fingerprint density at radius 3 is 2.53 bits per heavy atom. The number of aliphatic hydroxyl groups is 1. The molecule has 0 amide bonds. The van der Waals surface area contributed by atoms with Gasteiger partial charge in [-0.1, -0.05) is 19.9 Å². The highest BCUT2D eigenvalue weighted by atomic mass is 16.5. The van der Waals surface area contributed by atoms with E-state index in [1.165, 1.54) is 7.11 Å². The molecule has 17 heavy (non-hydrogen) atoms. The van der Waals surface area contributed by atoms with Crippen LogP contribution >= 0.6 is 0 Å². The number of methoxy groups -OCH3 is 1. The molecular weight excluding hydrogens is 218 g/mol. The zero-order valence-electron chi connectivity index (χ0n) is 11.4. The van der Waals surface area contributed by atoms with Gasteiger partial charge in [0.15, 0.2) is 0 Å². The third-order valence-corrected chi connectivity index (χ3v) is 3.15. The van der Waals surface area contributed by atoms with Gasteiger partial charge in [-0.15, -0.1) is 0 Å². The molecule has 0 aromatic rings. The van der Waals surface area contributed by atoms with Crippen molar-refractivity contribution in [3.05, 3.63) is 11.6 Å². The third kappa shape index (κ3) is 5.84. The molecule has 0 spiro atoms. The van der Waals surface area contributed by atoms with E-state index in [0.29, 0.717) is 25.0 Å². The summed E-state index contributed by atoms with van der Waals surface area (Å²) in [4.78, 5) is 11.3. The molecule has 0 rings (SSSR count). The minimum atomic E-state index is -0.269. The average molecular weight is 243 g/mol. The summed E-state index contributed by atoms with van der Waals surface area (Å²) in [5.41, 5.74) is 0.600. The van der Waals surface area contributed by atoms with E-state index in [0.717, 1.165) is 6.42 Å². The quantitative estimate of drug-likeness (QED) is 0.502. The van der Waals surface area contributed by atoms with Crippen LogP contribution in [0.1, 0.15) is 40.0 Å². The molecule has 0 aromatic carbocycles. The van der Waals surface area contributed by atoms with Gasteiger partial charge in [-0.25, -0.2) is 4.79 Å². The number of carbonyl (C=O) groups excluding carboxylic acids is 1. The predicted octanol–water partition coefficient (Wildman–Crippen LogP) is 1.64. The zero-order chi connectivity index (χ0) is 13.3. The van der Waals surface area contributed by atoms with Crippen LogP contribution in [0.3, 0.4) is 0 Å².